The zero-order valence-electron chi connectivity index (χ0n) is 18.8. The van der Waals surface area contributed by atoms with E-state index in [-0.39, 0.29) is 24.8 Å². The van der Waals surface area contributed by atoms with Gasteiger partial charge in [0.1, 0.15) is 0 Å². The van der Waals surface area contributed by atoms with Crippen molar-refractivity contribution in [3.05, 3.63) is 71.3 Å². The molecule has 2 unspecified atom stereocenters. The summed E-state index contributed by atoms with van der Waals surface area (Å²) in [7, 11) is 0. The van der Waals surface area contributed by atoms with E-state index in [2.05, 4.69) is 24.0 Å². The van der Waals surface area contributed by atoms with E-state index in [9.17, 15) is 26.3 Å². The Morgan fingerprint density at radius 1 is 0.788 bits per heavy atom. The quantitative estimate of drug-likeness (QED) is 0.356. The first-order valence-corrected chi connectivity index (χ1v) is 11.6. The Balaban J connectivity index is 1.65. The number of halogens is 6. The predicted octanol–water partition coefficient (Wildman–Crippen LogP) is 7.77. The molecule has 2 aromatic carbocycles. The van der Waals surface area contributed by atoms with Crippen molar-refractivity contribution in [2.75, 3.05) is 13.1 Å². The largest absolute Gasteiger partial charge is 0.392 e. The van der Waals surface area contributed by atoms with Gasteiger partial charge in [-0.2, -0.15) is 26.3 Å². The smallest absolute Gasteiger partial charge is 0.299 e. The van der Waals surface area contributed by atoms with Crippen LogP contribution in [0.5, 0.6) is 0 Å². The van der Waals surface area contributed by atoms with Gasteiger partial charge in [-0.3, -0.25) is 4.90 Å². The second-order valence-electron chi connectivity index (χ2n) is 8.95. The lowest BCUT2D eigenvalue weighted by Gasteiger charge is -2.40. The maximum atomic E-state index is 13.6. The molecule has 1 aliphatic carbocycles. The van der Waals surface area contributed by atoms with Crippen LogP contribution in [0.4, 0.5) is 26.3 Å². The van der Waals surface area contributed by atoms with Crippen molar-refractivity contribution in [2.24, 2.45) is 11.8 Å². The van der Waals surface area contributed by atoms with Crippen molar-refractivity contribution < 1.29 is 26.3 Å². The summed E-state index contributed by atoms with van der Waals surface area (Å²) in [6.07, 6.45) is -8.26. The van der Waals surface area contributed by atoms with Crippen LogP contribution in [-0.2, 0) is 13.0 Å². The van der Waals surface area contributed by atoms with E-state index in [1.807, 2.05) is 18.2 Å². The summed E-state index contributed by atoms with van der Waals surface area (Å²) < 4.78 is 81.5. The number of aryl methyl sites for hydroxylation is 1. The minimum atomic E-state index is -4.64. The summed E-state index contributed by atoms with van der Waals surface area (Å²) >= 11 is 0. The molecule has 0 amide bonds. The highest BCUT2D eigenvalue weighted by Gasteiger charge is 2.56. The average molecular weight is 472 g/mol. The van der Waals surface area contributed by atoms with Gasteiger partial charge in [0.05, 0.1) is 11.8 Å². The fraction of sp³-hybridized carbons (Fsp3) is 0.538. The van der Waals surface area contributed by atoms with Crippen LogP contribution in [0.3, 0.4) is 0 Å². The van der Waals surface area contributed by atoms with Crippen molar-refractivity contribution in [2.45, 2.75) is 63.8 Å². The molecule has 1 saturated carbocycles. The maximum absolute atomic E-state index is 13.6. The van der Waals surface area contributed by atoms with E-state index in [1.165, 1.54) is 17.7 Å². The fourth-order valence-electron chi connectivity index (χ4n) is 5.00. The van der Waals surface area contributed by atoms with Gasteiger partial charge in [0.2, 0.25) is 0 Å². The molecule has 1 fully saturated rings. The third-order valence-electron chi connectivity index (χ3n) is 6.74. The van der Waals surface area contributed by atoms with Crippen molar-refractivity contribution >= 4 is 0 Å². The highest BCUT2D eigenvalue weighted by atomic mass is 19.4. The van der Waals surface area contributed by atoms with Crippen molar-refractivity contribution in [3.8, 4) is 0 Å². The lowest BCUT2D eigenvalue weighted by molar-refractivity contribution is -0.231. The van der Waals surface area contributed by atoms with Gasteiger partial charge in [-0.05, 0) is 55.5 Å². The summed E-state index contributed by atoms with van der Waals surface area (Å²) in [5, 5.41) is 0. The predicted molar refractivity (Wildman–Crippen MR) is 118 cm³/mol. The Hall–Kier alpha value is -2.02. The van der Waals surface area contributed by atoms with Gasteiger partial charge in [-0.1, -0.05) is 67.9 Å². The number of hydrogen-bond donors (Lipinski definition) is 0. The first-order valence-electron chi connectivity index (χ1n) is 11.6. The number of benzene rings is 2. The molecule has 1 nitrogen and oxygen atoms in total. The second kappa shape index (κ2) is 10.9. The molecule has 0 bridgehead atoms. The first-order chi connectivity index (χ1) is 15.6. The summed E-state index contributed by atoms with van der Waals surface area (Å²) in [5.41, 5.74) is 2.30. The van der Waals surface area contributed by atoms with Crippen molar-refractivity contribution in [3.63, 3.8) is 0 Å². The Bertz CT molecular complexity index is 822. The van der Waals surface area contributed by atoms with Crippen LogP contribution in [0.1, 0.15) is 55.2 Å². The molecule has 0 heterocycles. The molecule has 0 saturated heterocycles. The van der Waals surface area contributed by atoms with Gasteiger partial charge in [-0.15, -0.1) is 0 Å². The monoisotopic (exact) mass is 471 g/mol. The van der Waals surface area contributed by atoms with E-state index in [1.54, 1.807) is 12.1 Å². The lowest BCUT2D eigenvalue weighted by Crippen LogP contribution is -2.42. The molecule has 0 aromatic heterocycles. The van der Waals surface area contributed by atoms with Crippen LogP contribution in [0.2, 0.25) is 0 Å². The third-order valence-corrected chi connectivity index (χ3v) is 6.74. The molecule has 0 radical (unpaired) electrons. The molecular weight excluding hydrogens is 440 g/mol. The van der Waals surface area contributed by atoms with Gasteiger partial charge in [0.15, 0.2) is 0 Å². The van der Waals surface area contributed by atoms with Gasteiger partial charge in [0, 0.05) is 12.5 Å². The minimum Gasteiger partial charge on any atom is -0.299 e. The molecule has 33 heavy (non-hydrogen) atoms. The van der Waals surface area contributed by atoms with Crippen LogP contribution in [-0.4, -0.2) is 30.3 Å². The normalized spacial score (nSPS) is 22.0. The third kappa shape index (κ3) is 6.98. The van der Waals surface area contributed by atoms with Gasteiger partial charge in [-0.25, -0.2) is 0 Å². The number of nitrogens with zero attached hydrogens (tertiary/aromatic N) is 1. The Morgan fingerprint density at radius 3 is 1.88 bits per heavy atom. The highest BCUT2D eigenvalue weighted by molar-refractivity contribution is 5.28. The first kappa shape index (κ1) is 25.6. The van der Waals surface area contributed by atoms with Crippen LogP contribution >= 0.6 is 0 Å². The Kier molecular flexibility index (Phi) is 8.48. The van der Waals surface area contributed by atoms with E-state index in [0.717, 1.165) is 38.0 Å². The summed E-state index contributed by atoms with van der Waals surface area (Å²) in [6, 6.07) is 16.5. The number of alkyl halides is 6. The zero-order chi connectivity index (χ0) is 24.1. The highest BCUT2D eigenvalue weighted by Crippen LogP contribution is 2.53. The number of hydrogen-bond acceptors (Lipinski definition) is 1. The number of rotatable bonds is 8. The summed E-state index contributed by atoms with van der Waals surface area (Å²) in [4.78, 5) is 2.31. The standard InChI is InChI=1S/C26H31F6N/c1-2-33(18-20-8-4-3-5-9-20)17-7-10-19-13-15-21(16-14-19)24-22(25(27,28)29)11-6-12-23(24)26(30,31)32/h3-5,8-9,13-16,22-24H,2,6-7,10-12,17-18H2,1H3. The average Bonchev–Trinajstić information content (AvgIpc) is 2.78. The molecule has 0 N–H and O–H groups in total. The Morgan fingerprint density at radius 2 is 1.36 bits per heavy atom. The van der Waals surface area contributed by atoms with Crippen LogP contribution in [0.25, 0.3) is 0 Å². The summed E-state index contributed by atoms with van der Waals surface area (Å²) in [5.74, 6) is -5.49. The molecule has 0 aliphatic heterocycles. The van der Waals surface area contributed by atoms with Crippen LogP contribution in [0.15, 0.2) is 54.6 Å². The zero-order valence-corrected chi connectivity index (χ0v) is 18.8. The van der Waals surface area contributed by atoms with Gasteiger partial charge < -0.3 is 0 Å². The topological polar surface area (TPSA) is 3.24 Å². The maximum Gasteiger partial charge on any atom is 0.392 e. The molecule has 1 aliphatic rings. The van der Waals surface area contributed by atoms with E-state index in [4.69, 9.17) is 0 Å². The molecule has 7 heteroatoms. The van der Waals surface area contributed by atoms with E-state index < -0.39 is 30.1 Å². The van der Waals surface area contributed by atoms with Crippen LogP contribution in [0, 0.1) is 11.8 Å². The molecule has 0 spiro atoms. The molecule has 2 atom stereocenters. The fourth-order valence-corrected chi connectivity index (χ4v) is 5.00. The van der Waals surface area contributed by atoms with E-state index >= 15 is 0 Å². The SMILES string of the molecule is CCN(CCCc1ccc(C2C(C(F)(F)F)CCCC2C(F)(F)F)cc1)Cc1ccccc1. The second-order valence-corrected chi connectivity index (χ2v) is 8.95. The summed E-state index contributed by atoms with van der Waals surface area (Å²) in [6.45, 7) is 4.70. The molecular formula is C26H31F6N. The molecule has 3 rings (SSSR count). The molecule has 2 aromatic rings. The van der Waals surface area contributed by atoms with Crippen molar-refractivity contribution in [1.82, 2.24) is 4.90 Å². The van der Waals surface area contributed by atoms with E-state index in [0.29, 0.717) is 0 Å². The van der Waals surface area contributed by atoms with Crippen molar-refractivity contribution in [1.29, 1.82) is 0 Å². The minimum absolute atomic E-state index is 0.0557. The lowest BCUT2D eigenvalue weighted by atomic mass is 9.68. The van der Waals surface area contributed by atoms with Gasteiger partial charge in [0.25, 0.3) is 0 Å². The van der Waals surface area contributed by atoms with Crippen LogP contribution < -0.4 is 0 Å². The molecule has 182 valence electrons. The Labute approximate surface area is 191 Å². The van der Waals surface area contributed by atoms with Gasteiger partial charge >= 0.3 is 12.4 Å².